The number of aliphatic carboxylic acids is 1. The van der Waals surface area contributed by atoms with E-state index in [4.69, 9.17) is 5.11 Å². The molecule has 3 nitrogen and oxygen atoms in total. The van der Waals surface area contributed by atoms with E-state index in [2.05, 4.69) is 0 Å². The summed E-state index contributed by atoms with van der Waals surface area (Å²) in [5, 5.41) is 10.5. The first-order chi connectivity index (χ1) is 8.90. The predicted molar refractivity (Wildman–Crippen MR) is 73.3 cm³/mol. The number of hydrogen-bond donors (Lipinski definition) is 1. The largest absolute Gasteiger partial charge is 0.481 e. The van der Waals surface area contributed by atoms with Gasteiger partial charge in [0.1, 0.15) is 5.82 Å². The molecule has 5 heteroatoms. The SMILES string of the molecule is CC1=C(CC(=O)O)c2cc(F)ccc2C1=CS(C)=O. The van der Waals surface area contributed by atoms with E-state index in [0.717, 1.165) is 16.7 Å². The molecule has 0 heterocycles. The predicted octanol–water partition coefficient (Wildman–Crippen LogP) is 2.81. The van der Waals surface area contributed by atoms with Gasteiger partial charge >= 0.3 is 5.97 Å². The number of carbonyl (C=O) groups is 1. The van der Waals surface area contributed by atoms with Gasteiger partial charge in [-0.15, -0.1) is 0 Å². The van der Waals surface area contributed by atoms with E-state index in [0.29, 0.717) is 11.1 Å². The monoisotopic (exact) mass is 280 g/mol. The van der Waals surface area contributed by atoms with Crippen LogP contribution in [0.5, 0.6) is 0 Å². The third-order valence-electron chi connectivity index (χ3n) is 3.07. The summed E-state index contributed by atoms with van der Waals surface area (Å²) < 4.78 is 24.7. The summed E-state index contributed by atoms with van der Waals surface area (Å²) in [6, 6.07) is 4.25. The van der Waals surface area contributed by atoms with E-state index < -0.39 is 22.6 Å². The summed E-state index contributed by atoms with van der Waals surface area (Å²) in [5.41, 5.74) is 3.38. The van der Waals surface area contributed by atoms with Gasteiger partial charge in [0.15, 0.2) is 0 Å². The Balaban J connectivity index is 2.65. The van der Waals surface area contributed by atoms with E-state index in [-0.39, 0.29) is 6.42 Å². The standard InChI is InChI=1S/C14H13FO3S/c1-8-11(6-14(16)17)12-5-9(15)3-4-10(12)13(8)7-19(2)18/h3-5,7H,6H2,1-2H3,(H,16,17). The molecule has 0 saturated carbocycles. The highest BCUT2D eigenvalue weighted by Crippen LogP contribution is 2.42. The average molecular weight is 280 g/mol. The highest BCUT2D eigenvalue weighted by Gasteiger charge is 2.25. The van der Waals surface area contributed by atoms with Crippen LogP contribution in [0.4, 0.5) is 4.39 Å². The number of carboxylic acids is 1. The summed E-state index contributed by atoms with van der Waals surface area (Å²) in [5.74, 6) is -1.38. The van der Waals surface area contributed by atoms with Gasteiger partial charge in [-0.3, -0.25) is 9.00 Å². The second kappa shape index (κ2) is 5.09. The van der Waals surface area contributed by atoms with Crippen molar-refractivity contribution in [2.75, 3.05) is 6.26 Å². The van der Waals surface area contributed by atoms with E-state index in [1.807, 2.05) is 0 Å². The van der Waals surface area contributed by atoms with Gasteiger partial charge in [0.2, 0.25) is 0 Å². The maximum absolute atomic E-state index is 13.3. The Morgan fingerprint density at radius 2 is 2.11 bits per heavy atom. The molecule has 0 bridgehead atoms. The molecule has 0 amide bonds. The molecular formula is C14H13FO3S. The minimum Gasteiger partial charge on any atom is -0.481 e. The Morgan fingerprint density at radius 1 is 1.42 bits per heavy atom. The zero-order valence-corrected chi connectivity index (χ0v) is 11.4. The van der Waals surface area contributed by atoms with Gasteiger partial charge < -0.3 is 5.11 Å². The number of allylic oxidation sites excluding steroid dienone is 2. The van der Waals surface area contributed by atoms with Crippen molar-refractivity contribution in [1.29, 1.82) is 0 Å². The van der Waals surface area contributed by atoms with Crippen LogP contribution < -0.4 is 0 Å². The first-order valence-corrected chi connectivity index (χ1v) is 7.28. The van der Waals surface area contributed by atoms with Crippen LogP contribution in [0.2, 0.25) is 0 Å². The van der Waals surface area contributed by atoms with Crippen molar-refractivity contribution in [1.82, 2.24) is 0 Å². The highest BCUT2D eigenvalue weighted by atomic mass is 32.2. The Morgan fingerprint density at radius 3 is 2.68 bits per heavy atom. The van der Waals surface area contributed by atoms with Crippen LogP contribution in [0.15, 0.2) is 29.2 Å². The molecular weight excluding hydrogens is 267 g/mol. The second-order valence-electron chi connectivity index (χ2n) is 4.39. The lowest BCUT2D eigenvalue weighted by molar-refractivity contribution is -0.135. The first-order valence-electron chi connectivity index (χ1n) is 5.66. The maximum Gasteiger partial charge on any atom is 0.307 e. The Bertz CT molecular complexity index is 644. The zero-order chi connectivity index (χ0) is 14.2. The molecule has 1 aliphatic rings. The van der Waals surface area contributed by atoms with Gasteiger partial charge in [0, 0.05) is 22.5 Å². The summed E-state index contributed by atoms with van der Waals surface area (Å²) >= 11 is 0. The lowest BCUT2D eigenvalue weighted by atomic mass is 10.0. The van der Waals surface area contributed by atoms with Gasteiger partial charge in [0.25, 0.3) is 0 Å². The normalized spacial score (nSPS) is 17.7. The number of halogens is 1. The van der Waals surface area contributed by atoms with E-state index in [1.54, 1.807) is 24.7 Å². The van der Waals surface area contributed by atoms with Gasteiger partial charge in [-0.05, 0) is 46.9 Å². The van der Waals surface area contributed by atoms with Crippen molar-refractivity contribution < 1.29 is 18.5 Å². The summed E-state index contributed by atoms with van der Waals surface area (Å²) in [6.45, 7) is 1.77. The van der Waals surface area contributed by atoms with Crippen LogP contribution in [-0.4, -0.2) is 21.5 Å². The fourth-order valence-electron chi connectivity index (χ4n) is 2.26. The first kappa shape index (κ1) is 13.7. The van der Waals surface area contributed by atoms with Crippen LogP contribution in [0.3, 0.4) is 0 Å². The van der Waals surface area contributed by atoms with Crippen molar-refractivity contribution in [3.05, 3.63) is 46.1 Å². The van der Waals surface area contributed by atoms with E-state index >= 15 is 0 Å². The molecule has 1 aromatic rings. The number of hydrogen-bond acceptors (Lipinski definition) is 2. The third kappa shape index (κ3) is 2.66. The molecule has 0 radical (unpaired) electrons. The van der Waals surface area contributed by atoms with Crippen molar-refractivity contribution in [2.45, 2.75) is 13.3 Å². The van der Waals surface area contributed by atoms with Gasteiger partial charge in [0.05, 0.1) is 6.42 Å². The maximum atomic E-state index is 13.3. The lowest BCUT2D eigenvalue weighted by Gasteiger charge is -2.03. The van der Waals surface area contributed by atoms with Gasteiger partial charge in [-0.25, -0.2) is 4.39 Å². The van der Waals surface area contributed by atoms with Crippen molar-refractivity contribution in [3.8, 4) is 0 Å². The van der Waals surface area contributed by atoms with Crippen LogP contribution in [0, 0.1) is 5.82 Å². The van der Waals surface area contributed by atoms with Gasteiger partial charge in [-0.2, -0.15) is 0 Å². The summed E-state index contributed by atoms with van der Waals surface area (Å²) in [4.78, 5) is 10.9. The molecule has 100 valence electrons. The number of fused-ring (bicyclic) bond motifs is 1. The van der Waals surface area contributed by atoms with Crippen LogP contribution in [0.1, 0.15) is 24.5 Å². The number of carboxylic acid groups (broad SMARTS) is 1. The van der Waals surface area contributed by atoms with Crippen LogP contribution in [-0.2, 0) is 15.6 Å². The Kier molecular flexibility index (Phi) is 3.66. The topological polar surface area (TPSA) is 54.4 Å². The molecule has 0 spiro atoms. The fraction of sp³-hybridized carbons (Fsp3) is 0.214. The Hall–Kier alpha value is -1.75. The van der Waals surface area contributed by atoms with Crippen molar-refractivity contribution in [2.24, 2.45) is 0 Å². The number of benzene rings is 1. The lowest BCUT2D eigenvalue weighted by Crippen LogP contribution is -1.97. The van der Waals surface area contributed by atoms with E-state index in [9.17, 15) is 13.4 Å². The molecule has 1 aliphatic carbocycles. The van der Waals surface area contributed by atoms with Crippen LogP contribution in [0.25, 0.3) is 11.1 Å². The molecule has 19 heavy (non-hydrogen) atoms. The molecule has 0 aromatic heterocycles. The average Bonchev–Trinajstić information content (AvgIpc) is 2.53. The Labute approximate surface area is 112 Å². The highest BCUT2D eigenvalue weighted by molar-refractivity contribution is 7.87. The summed E-state index contributed by atoms with van der Waals surface area (Å²) in [6.07, 6.45) is 1.37. The summed E-state index contributed by atoms with van der Waals surface area (Å²) in [7, 11) is -1.15. The molecule has 0 fully saturated rings. The van der Waals surface area contributed by atoms with E-state index in [1.165, 1.54) is 12.1 Å². The van der Waals surface area contributed by atoms with Crippen LogP contribution >= 0.6 is 0 Å². The molecule has 1 atom stereocenters. The smallest absolute Gasteiger partial charge is 0.307 e. The quantitative estimate of drug-likeness (QED) is 0.926. The molecule has 1 aromatic carbocycles. The van der Waals surface area contributed by atoms with Gasteiger partial charge in [-0.1, -0.05) is 6.07 Å². The molecule has 1 unspecified atom stereocenters. The van der Waals surface area contributed by atoms with Crippen molar-refractivity contribution >= 4 is 27.9 Å². The fourth-order valence-corrected chi connectivity index (χ4v) is 2.90. The minimum atomic E-state index is -1.15. The minimum absolute atomic E-state index is 0.171. The molecule has 0 aliphatic heterocycles. The second-order valence-corrected chi connectivity index (χ2v) is 5.63. The number of rotatable bonds is 3. The molecule has 1 N–H and O–H groups in total. The molecule has 0 saturated heterocycles. The van der Waals surface area contributed by atoms with Crippen molar-refractivity contribution in [3.63, 3.8) is 0 Å². The molecule has 2 rings (SSSR count). The zero-order valence-electron chi connectivity index (χ0n) is 10.6. The third-order valence-corrected chi connectivity index (χ3v) is 3.63.